The number of carbonyl (C=O) groups is 1. The highest BCUT2D eigenvalue weighted by molar-refractivity contribution is 5.78. The molecule has 3 rings (SSSR count). The van der Waals surface area contributed by atoms with Gasteiger partial charge in [0.1, 0.15) is 23.1 Å². The molecule has 0 bridgehead atoms. The van der Waals surface area contributed by atoms with Crippen LogP contribution in [0.1, 0.15) is 64.9 Å². The lowest BCUT2D eigenvalue weighted by Crippen LogP contribution is -2.43. The molecule has 2 aromatic carbocycles. The summed E-state index contributed by atoms with van der Waals surface area (Å²) in [6.07, 6.45) is 8.46. The minimum absolute atomic E-state index is 0.0818. The smallest absolute Gasteiger partial charge is 0.348 e. The van der Waals surface area contributed by atoms with Gasteiger partial charge < -0.3 is 19.7 Å². The van der Waals surface area contributed by atoms with E-state index in [9.17, 15) is 19.4 Å². The van der Waals surface area contributed by atoms with Gasteiger partial charge in [0.05, 0.1) is 12.3 Å². The lowest BCUT2D eigenvalue weighted by atomic mass is 9.77. The van der Waals surface area contributed by atoms with Crippen LogP contribution in [0.15, 0.2) is 65.0 Å². The van der Waals surface area contributed by atoms with E-state index in [1.54, 1.807) is 31.2 Å². The van der Waals surface area contributed by atoms with E-state index in [0.29, 0.717) is 24.5 Å². The fourth-order valence-corrected chi connectivity index (χ4v) is 4.37. The molecule has 0 radical (unpaired) electrons. The Labute approximate surface area is 212 Å². The van der Waals surface area contributed by atoms with Crippen LogP contribution in [0, 0.1) is 11.2 Å². The van der Waals surface area contributed by atoms with Crippen LogP contribution >= 0.6 is 0 Å². The molecule has 7 heteroatoms. The first-order valence-corrected chi connectivity index (χ1v) is 12.4. The second-order valence-corrected chi connectivity index (χ2v) is 10.0. The van der Waals surface area contributed by atoms with Gasteiger partial charge in [-0.25, -0.2) is 9.18 Å². The number of benzene rings is 2. The molecule has 1 aliphatic carbocycles. The van der Waals surface area contributed by atoms with Gasteiger partial charge in [0.15, 0.2) is 0 Å². The maximum Gasteiger partial charge on any atom is 0.348 e. The van der Waals surface area contributed by atoms with Crippen molar-refractivity contribution in [3.63, 3.8) is 0 Å². The highest BCUT2D eigenvalue weighted by atomic mass is 19.1. The van der Waals surface area contributed by atoms with E-state index in [2.05, 4.69) is 11.9 Å². The standard InChI is InChI=1S/C29H36FNO5/c1-21(32)26(31-20-28(2)15-5-4-6-16-28)14-17-35-24-12-10-22(11-13-24)19-29(3,27(33)34)36-25-9-7-8-23(30)18-25/h7-13,18,20,32H,4-6,14-17,19H2,1-3H3,(H,33,34)/b26-21-,31-20?. The highest BCUT2D eigenvalue weighted by Crippen LogP contribution is 2.34. The SMILES string of the molecule is C/C(O)=C(\CCOc1ccc(CC(C)(Oc2cccc(F)c2)C(=O)O)cc1)N=CC1(C)CCCCC1. The third kappa shape index (κ3) is 7.83. The van der Waals surface area contributed by atoms with E-state index in [1.807, 2.05) is 6.21 Å². The average Bonchev–Trinajstić information content (AvgIpc) is 2.82. The normalized spacial score (nSPS) is 17.8. The summed E-state index contributed by atoms with van der Waals surface area (Å²) in [6.45, 7) is 5.66. The number of aliphatic imine (C=N–C) groups is 1. The fourth-order valence-electron chi connectivity index (χ4n) is 4.37. The van der Waals surface area contributed by atoms with Gasteiger partial charge in [0, 0.05) is 30.5 Å². The molecule has 1 atom stereocenters. The van der Waals surface area contributed by atoms with Crippen LogP contribution in [0.3, 0.4) is 0 Å². The van der Waals surface area contributed by atoms with Gasteiger partial charge in [-0.3, -0.25) is 4.99 Å². The lowest BCUT2D eigenvalue weighted by molar-refractivity contribution is -0.153. The molecule has 0 aliphatic heterocycles. The Kier molecular flexibility index (Phi) is 9.13. The third-order valence-corrected chi connectivity index (χ3v) is 6.61. The summed E-state index contributed by atoms with van der Waals surface area (Å²) in [7, 11) is 0. The Morgan fingerprint density at radius 1 is 1.11 bits per heavy atom. The Bertz CT molecular complexity index is 1090. The number of carboxylic acid groups (broad SMARTS) is 1. The first kappa shape index (κ1) is 27.2. The first-order valence-electron chi connectivity index (χ1n) is 12.4. The first-order chi connectivity index (χ1) is 17.1. The van der Waals surface area contributed by atoms with Crippen molar-refractivity contribution in [1.82, 2.24) is 0 Å². The van der Waals surface area contributed by atoms with E-state index in [1.165, 1.54) is 44.4 Å². The quantitative estimate of drug-likeness (QED) is 0.261. The molecule has 1 saturated carbocycles. The summed E-state index contributed by atoms with van der Waals surface area (Å²) in [6, 6.07) is 12.5. The molecule has 0 heterocycles. The molecule has 0 spiro atoms. The van der Waals surface area contributed by atoms with Crippen LogP contribution in [0.25, 0.3) is 0 Å². The number of aliphatic carboxylic acids is 1. The summed E-state index contributed by atoms with van der Waals surface area (Å²) in [5, 5.41) is 19.8. The molecule has 194 valence electrons. The highest BCUT2D eigenvalue weighted by Gasteiger charge is 2.36. The van der Waals surface area contributed by atoms with Crippen LogP contribution in [0.4, 0.5) is 4.39 Å². The van der Waals surface area contributed by atoms with Gasteiger partial charge in [-0.2, -0.15) is 0 Å². The molecule has 1 fully saturated rings. The zero-order chi connectivity index (χ0) is 26.2. The number of ether oxygens (including phenoxy) is 2. The van der Waals surface area contributed by atoms with E-state index < -0.39 is 17.4 Å². The number of hydrogen-bond donors (Lipinski definition) is 2. The molecule has 2 N–H and O–H groups in total. The summed E-state index contributed by atoms with van der Waals surface area (Å²) < 4.78 is 25.0. The maximum atomic E-state index is 13.5. The van der Waals surface area contributed by atoms with E-state index >= 15 is 0 Å². The molecule has 0 saturated heterocycles. The van der Waals surface area contributed by atoms with Crippen LogP contribution in [0.2, 0.25) is 0 Å². The topological polar surface area (TPSA) is 88.3 Å². The zero-order valence-corrected chi connectivity index (χ0v) is 21.3. The average molecular weight is 498 g/mol. The predicted octanol–water partition coefficient (Wildman–Crippen LogP) is 6.89. The van der Waals surface area contributed by atoms with Crippen molar-refractivity contribution in [2.75, 3.05) is 6.61 Å². The summed E-state index contributed by atoms with van der Waals surface area (Å²) in [5.41, 5.74) is -0.133. The molecule has 36 heavy (non-hydrogen) atoms. The van der Waals surface area contributed by atoms with Crippen molar-refractivity contribution in [3.8, 4) is 11.5 Å². The molecular weight excluding hydrogens is 461 g/mol. The van der Waals surface area contributed by atoms with E-state index in [4.69, 9.17) is 9.47 Å². The Balaban J connectivity index is 1.57. The van der Waals surface area contributed by atoms with Crippen molar-refractivity contribution in [3.05, 3.63) is 71.4 Å². The number of nitrogens with zero attached hydrogens (tertiary/aromatic N) is 1. The molecule has 2 aromatic rings. The summed E-state index contributed by atoms with van der Waals surface area (Å²) in [5.74, 6) is -0.669. The predicted molar refractivity (Wildman–Crippen MR) is 138 cm³/mol. The van der Waals surface area contributed by atoms with E-state index in [-0.39, 0.29) is 23.3 Å². The summed E-state index contributed by atoms with van der Waals surface area (Å²) in [4.78, 5) is 16.5. The monoisotopic (exact) mass is 497 g/mol. The second kappa shape index (κ2) is 12.1. The molecule has 1 unspecified atom stereocenters. The van der Waals surface area contributed by atoms with Gasteiger partial charge in [-0.15, -0.1) is 0 Å². The van der Waals surface area contributed by atoms with Crippen molar-refractivity contribution in [1.29, 1.82) is 0 Å². The van der Waals surface area contributed by atoms with Crippen molar-refractivity contribution in [2.45, 2.75) is 71.3 Å². The maximum absolute atomic E-state index is 13.5. The summed E-state index contributed by atoms with van der Waals surface area (Å²) >= 11 is 0. The van der Waals surface area contributed by atoms with Crippen molar-refractivity contribution in [2.24, 2.45) is 10.4 Å². The van der Waals surface area contributed by atoms with E-state index in [0.717, 1.165) is 24.5 Å². The number of carboxylic acids is 1. The number of allylic oxidation sites excluding steroid dienone is 1. The van der Waals surface area contributed by atoms with Crippen LogP contribution < -0.4 is 9.47 Å². The van der Waals surface area contributed by atoms with Crippen molar-refractivity contribution >= 4 is 12.2 Å². The Morgan fingerprint density at radius 2 is 1.81 bits per heavy atom. The van der Waals surface area contributed by atoms with Crippen LogP contribution in [0.5, 0.6) is 11.5 Å². The fraction of sp³-hybridized carbons (Fsp3) is 0.448. The van der Waals surface area contributed by atoms with Gasteiger partial charge in [0.25, 0.3) is 0 Å². The second-order valence-electron chi connectivity index (χ2n) is 10.0. The third-order valence-electron chi connectivity index (χ3n) is 6.61. The lowest BCUT2D eigenvalue weighted by Gasteiger charge is -2.29. The van der Waals surface area contributed by atoms with Gasteiger partial charge in [-0.1, -0.05) is 44.4 Å². The molecular formula is C29H36FNO5. The van der Waals surface area contributed by atoms with Gasteiger partial charge in [-0.05, 0) is 56.5 Å². The number of aliphatic hydroxyl groups is 1. The Hall–Kier alpha value is -3.35. The minimum Gasteiger partial charge on any atom is -0.511 e. The minimum atomic E-state index is -1.57. The number of halogens is 1. The number of aliphatic hydroxyl groups excluding tert-OH is 1. The number of hydrogen-bond acceptors (Lipinski definition) is 5. The van der Waals surface area contributed by atoms with Crippen molar-refractivity contribution < 1.29 is 28.9 Å². The van der Waals surface area contributed by atoms with Gasteiger partial charge >= 0.3 is 5.97 Å². The largest absolute Gasteiger partial charge is 0.511 e. The zero-order valence-electron chi connectivity index (χ0n) is 21.3. The van der Waals surface area contributed by atoms with Crippen LogP contribution in [-0.4, -0.2) is 34.6 Å². The Morgan fingerprint density at radius 3 is 2.42 bits per heavy atom. The number of rotatable bonds is 11. The molecule has 0 aromatic heterocycles. The molecule has 6 nitrogen and oxygen atoms in total. The van der Waals surface area contributed by atoms with Gasteiger partial charge in [0.2, 0.25) is 5.60 Å². The molecule has 1 aliphatic rings. The molecule has 0 amide bonds. The van der Waals surface area contributed by atoms with Crippen LogP contribution in [-0.2, 0) is 11.2 Å².